The maximum atomic E-state index is 13.7. The molecule has 1 saturated carbocycles. The highest BCUT2D eigenvalue weighted by Crippen LogP contribution is 2.32. The minimum absolute atomic E-state index is 0.120. The SMILES string of the molecule is C[C@H]1CN([C@@H](C)CO)C(=O)c2cc(NC(=O)NC3CCCCC3)ccc2O[C@H]1CN(C)Cc1ccc(C(F)(F)F)cc1. The van der Waals surface area contributed by atoms with Gasteiger partial charge in [0.05, 0.1) is 23.8 Å². The molecule has 2 aliphatic rings. The average molecular weight is 591 g/mol. The van der Waals surface area contributed by atoms with E-state index in [0.29, 0.717) is 31.1 Å². The number of rotatable bonds is 8. The van der Waals surface area contributed by atoms with Crippen molar-refractivity contribution < 1.29 is 32.6 Å². The largest absolute Gasteiger partial charge is 0.488 e. The van der Waals surface area contributed by atoms with Crippen molar-refractivity contribution in [2.45, 2.75) is 76.9 Å². The number of benzene rings is 2. The van der Waals surface area contributed by atoms with Gasteiger partial charge in [-0.25, -0.2) is 4.79 Å². The van der Waals surface area contributed by atoms with Gasteiger partial charge in [-0.3, -0.25) is 9.69 Å². The van der Waals surface area contributed by atoms with E-state index in [1.165, 1.54) is 18.6 Å². The van der Waals surface area contributed by atoms with Gasteiger partial charge in [-0.2, -0.15) is 13.2 Å². The average Bonchev–Trinajstić information content (AvgIpc) is 2.95. The summed E-state index contributed by atoms with van der Waals surface area (Å²) in [7, 11) is 1.87. The Morgan fingerprint density at radius 2 is 1.83 bits per heavy atom. The molecule has 230 valence electrons. The number of aliphatic hydroxyl groups excluding tert-OH is 1. The molecule has 0 bridgehead atoms. The van der Waals surface area contributed by atoms with E-state index in [2.05, 4.69) is 10.6 Å². The molecule has 0 spiro atoms. The van der Waals surface area contributed by atoms with E-state index < -0.39 is 17.8 Å². The highest BCUT2D eigenvalue weighted by Gasteiger charge is 2.34. The van der Waals surface area contributed by atoms with Crippen molar-refractivity contribution in [3.05, 3.63) is 59.2 Å². The second kappa shape index (κ2) is 13.8. The Morgan fingerprint density at radius 1 is 1.14 bits per heavy atom. The summed E-state index contributed by atoms with van der Waals surface area (Å²) in [6.07, 6.45) is 0.513. The maximum absolute atomic E-state index is 13.7. The number of urea groups is 1. The Bertz CT molecular complexity index is 1220. The van der Waals surface area contributed by atoms with Crippen molar-refractivity contribution in [3.63, 3.8) is 0 Å². The van der Waals surface area contributed by atoms with Crippen LogP contribution in [0.3, 0.4) is 0 Å². The lowest BCUT2D eigenvalue weighted by Crippen LogP contribution is -2.49. The number of carbonyl (C=O) groups excluding carboxylic acids is 2. The molecule has 0 unspecified atom stereocenters. The molecule has 2 aromatic carbocycles. The fourth-order valence-electron chi connectivity index (χ4n) is 5.60. The third-order valence-electron chi connectivity index (χ3n) is 8.09. The fraction of sp³-hybridized carbons (Fsp3) is 0.548. The van der Waals surface area contributed by atoms with Gasteiger partial charge in [0.15, 0.2) is 0 Å². The first kappa shape index (κ1) is 31.6. The Kier molecular flexibility index (Phi) is 10.4. The molecule has 11 heteroatoms. The number of amides is 3. The van der Waals surface area contributed by atoms with Crippen LogP contribution >= 0.6 is 0 Å². The molecule has 1 heterocycles. The van der Waals surface area contributed by atoms with E-state index in [4.69, 9.17) is 4.74 Å². The number of ether oxygens (including phenoxy) is 1. The number of carbonyl (C=O) groups is 2. The van der Waals surface area contributed by atoms with E-state index in [1.54, 1.807) is 30.0 Å². The molecule has 1 fully saturated rings. The third kappa shape index (κ3) is 8.16. The van der Waals surface area contributed by atoms with Crippen molar-refractivity contribution in [2.75, 3.05) is 32.1 Å². The van der Waals surface area contributed by atoms with E-state index >= 15 is 0 Å². The molecular weight excluding hydrogens is 549 g/mol. The molecule has 4 rings (SSSR count). The lowest BCUT2D eigenvalue weighted by atomic mass is 9.96. The second-order valence-electron chi connectivity index (χ2n) is 11.7. The Balaban J connectivity index is 1.51. The topological polar surface area (TPSA) is 94.1 Å². The summed E-state index contributed by atoms with van der Waals surface area (Å²) >= 11 is 0. The molecule has 8 nitrogen and oxygen atoms in total. The van der Waals surface area contributed by atoms with Crippen LogP contribution in [0.15, 0.2) is 42.5 Å². The Hall–Kier alpha value is -3.31. The first-order chi connectivity index (χ1) is 19.9. The van der Waals surface area contributed by atoms with E-state index in [1.807, 2.05) is 18.9 Å². The third-order valence-corrected chi connectivity index (χ3v) is 8.09. The number of likely N-dealkylation sites (N-methyl/N-ethyl adjacent to an activating group) is 1. The van der Waals surface area contributed by atoms with E-state index in [-0.39, 0.29) is 42.2 Å². The summed E-state index contributed by atoms with van der Waals surface area (Å²) in [4.78, 5) is 29.9. The lowest BCUT2D eigenvalue weighted by molar-refractivity contribution is -0.137. The number of aliphatic hydroxyl groups is 1. The minimum Gasteiger partial charge on any atom is -0.488 e. The molecule has 3 atom stereocenters. The number of alkyl halides is 3. The number of hydrogen-bond donors (Lipinski definition) is 3. The van der Waals surface area contributed by atoms with Gasteiger partial charge in [0, 0.05) is 37.3 Å². The summed E-state index contributed by atoms with van der Waals surface area (Å²) in [6, 6.07) is 9.45. The standard InChI is InChI=1S/C31H41F3N4O4/c1-20-16-38(21(2)19-39)29(40)26-15-25(36-30(41)35-24-7-5-4-6-8-24)13-14-27(26)42-28(20)18-37(3)17-22-9-11-23(12-10-22)31(32,33)34/h9-15,20-21,24,28,39H,4-8,16-19H2,1-3H3,(H2,35,36,41)/t20-,21-,28-/m0/s1. The smallest absolute Gasteiger partial charge is 0.416 e. The fourth-order valence-corrected chi connectivity index (χ4v) is 5.60. The van der Waals surface area contributed by atoms with Crippen molar-refractivity contribution in [3.8, 4) is 5.75 Å². The number of nitrogens with one attached hydrogen (secondary N) is 2. The van der Waals surface area contributed by atoms with Crippen LogP contribution in [0.1, 0.15) is 67.4 Å². The van der Waals surface area contributed by atoms with Gasteiger partial charge in [0.2, 0.25) is 0 Å². The molecule has 42 heavy (non-hydrogen) atoms. The van der Waals surface area contributed by atoms with Gasteiger partial charge in [-0.15, -0.1) is 0 Å². The van der Waals surface area contributed by atoms with Gasteiger partial charge < -0.3 is 25.4 Å². The Labute approximate surface area is 245 Å². The van der Waals surface area contributed by atoms with Crippen LogP contribution < -0.4 is 15.4 Å². The molecular formula is C31H41F3N4O4. The van der Waals surface area contributed by atoms with Crippen LogP contribution in [0, 0.1) is 5.92 Å². The lowest BCUT2D eigenvalue weighted by Gasteiger charge is -2.38. The van der Waals surface area contributed by atoms with Crippen molar-refractivity contribution >= 4 is 17.6 Å². The molecule has 3 N–H and O–H groups in total. The van der Waals surface area contributed by atoms with Crippen LogP contribution in [0.25, 0.3) is 0 Å². The quantitative estimate of drug-likeness (QED) is 0.377. The normalized spacial score (nSPS) is 20.8. The highest BCUT2D eigenvalue weighted by atomic mass is 19.4. The van der Waals surface area contributed by atoms with Crippen LogP contribution in [0.4, 0.5) is 23.7 Å². The molecule has 3 amide bonds. The van der Waals surface area contributed by atoms with Crippen molar-refractivity contribution in [1.29, 1.82) is 0 Å². The molecule has 1 aliphatic carbocycles. The maximum Gasteiger partial charge on any atom is 0.416 e. The van der Waals surface area contributed by atoms with Gasteiger partial charge in [0.25, 0.3) is 5.91 Å². The van der Waals surface area contributed by atoms with Crippen LogP contribution in [0.2, 0.25) is 0 Å². The molecule has 1 aliphatic heterocycles. The summed E-state index contributed by atoms with van der Waals surface area (Å²) in [5, 5.41) is 15.8. The van der Waals surface area contributed by atoms with Crippen molar-refractivity contribution in [2.24, 2.45) is 5.92 Å². The summed E-state index contributed by atoms with van der Waals surface area (Å²) in [5.41, 5.74) is 0.788. The zero-order chi connectivity index (χ0) is 30.4. The van der Waals surface area contributed by atoms with Crippen LogP contribution in [-0.2, 0) is 12.7 Å². The molecule has 0 radical (unpaired) electrons. The number of anilines is 1. The van der Waals surface area contributed by atoms with E-state index in [9.17, 15) is 27.9 Å². The number of nitrogens with zero attached hydrogens (tertiary/aromatic N) is 2. The van der Waals surface area contributed by atoms with Gasteiger partial charge in [-0.1, -0.05) is 38.3 Å². The molecule has 0 saturated heterocycles. The first-order valence-electron chi connectivity index (χ1n) is 14.6. The second-order valence-corrected chi connectivity index (χ2v) is 11.7. The first-order valence-corrected chi connectivity index (χ1v) is 14.6. The predicted molar refractivity (Wildman–Crippen MR) is 154 cm³/mol. The number of halogens is 3. The molecule has 2 aromatic rings. The van der Waals surface area contributed by atoms with Crippen LogP contribution in [-0.4, -0.2) is 71.8 Å². The number of fused-ring (bicyclic) bond motifs is 1. The van der Waals surface area contributed by atoms with Gasteiger partial charge in [-0.05, 0) is 62.7 Å². The zero-order valence-electron chi connectivity index (χ0n) is 24.4. The number of hydrogen-bond acceptors (Lipinski definition) is 5. The van der Waals surface area contributed by atoms with E-state index in [0.717, 1.165) is 43.4 Å². The summed E-state index contributed by atoms with van der Waals surface area (Å²) in [6.45, 7) is 4.72. The van der Waals surface area contributed by atoms with Gasteiger partial charge >= 0.3 is 12.2 Å². The summed E-state index contributed by atoms with van der Waals surface area (Å²) in [5.74, 6) is -0.0515. The highest BCUT2D eigenvalue weighted by molar-refractivity contribution is 5.99. The zero-order valence-corrected chi connectivity index (χ0v) is 24.4. The van der Waals surface area contributed by atoms with Crippen molar-refractivity contribution in [1.82, 2.24) is 15.1 Å². The Morgan fingerprint density at radius 3 is 2.48 bits per heavy atom. The summed E-state index contributed by atoms with van der Waals surface area (Å²) < 4.78 is 45.3. The van der Waals surface area contributed by atoms with Crippen LogP contribution in [0.5, 0.6) is 5.75 Å². The minimum atomic E-state index is -4.39. The predicted octanol–water partition coefficient (Wildman–Crippen LogP) is 5.51. The monoisotopic (exact) mass is 590 g/mol. The molecule has 0 aromatic heterocycles. The van der Waals surface area contributed by atoms with Gasteiger partial charge in [0.1, 0.15) is 11.9 Å².